The smallest absolute Gasteiger partial charge is 0.240 e. The minimum atomic E-state index is -0.525. The number of amides is 1. The highest BCUT2D eigenvalue weighted by Gasteiger charge is 2.42. The third-order valence-corrected chi connectivity index (χ3v) is 9.08. The minimum absolute atomic E-state index is 0.00527. The summed E-state index contributed by atoms with van der Waals surface area (Å²) in [6, 6.07) is 15.8. The Hall–Kier alpha value is -3.46. The van der Waals surface area contributed by atoms with Crippen LogP contribution in [0.25, 0.3) is 5.57 Å². The molecule has 2 fully saturated rings. The molecule has 0 bridgehead atoms. The van der Waals surface area contributed by atoms with Crippen LogP contribution in [-0.4, -0.2) is 51.1 Å². The first-order valence-electron chi connectivity index (χ1n) is 14.7. The van der Waals surface area contributed by atoms with Crippen molar-refractivity contribution in [3.63, 3.8) is 0 Å². The molecule has 1 aromatic heterocycles. The highest BCUT2D eigenvalue weighted by atomic mass is 16.3. The van der Waals surface area contributed by atoms with Crippen molar-refractivity contribution in [2.45, 2.75) is 69.5 Å². The number of aryl methyl sites for hydroxylation is 1. The van der Waals surface area contributed by atoms with E-state index in [0.717, 1.165) is 49.2 Å². The van der Waals surface area contributed by atoms with Crippen LogP contribution >= 0.6 is 0 Å². The number of carbonyl (C=O) groups excluding carboxylic acids is 1. The Morgan fingerprint density at radius 1 is 1.18 bits per heavy atom. The van der Waals surface area contributed by atoms with E-state index in [9.17, 15) is 9.90 Å². The number of aromatic hydroxyl groups is 1. The molecule has 5 atom stereocenters. The van der Waals surface area contributed by atoms with Crippen LogP contribution in [-0.2, 0) is 17.6 Å². The van der Waals surface area contributed by atoms with Crippen molar-refractivity contribution in [3.05, 3.63) is 89.0 Å². The van der Waals surface area contributed by atoms with Gasteiger partial charge in [-0.3, -0.25) is 10.2 Å². The van der Waals surface area contributed by atoms with Crippen molar-refractivity contribution in [2.75, 3.05) is 13.1 Å². The van der Waals surface area contributed by atoms with E-state index in [2.05, 4.69) is 34.9 Å². The Bertz CT molecular complexity index is 1370. The van der Waals surface area contributed by atoms with Gasteiger partial charge in [0.15, 0.2) is 0 Å². The average molecular weight is 541 g/mol. The molecule has 1 amide bonds. The number of phenols is 1. The monoisotopic (exact) mass is 540 g/mol. The first-order chi connectivity index (χ1) is 19.5. The maximum absolute atomic E-state index is 12.9. The average Bonchev–Trinajstić information content (AvgIpc) is 3.64. The number of nitrogens with two attached hydrogens (primary N) is 1. The summed E-state index contributed by atoms with van der Waals surface area (Å²) in [6.45, 7) is 3.38. The van der Waals surface area contributed by atoms with Gasteiger partial charge in [-0.1, -0.05) is 49.4 Å². The zero-order chi connectivity index (χ0) is 27.6. The van der Waals surface area contributed by atoms with E-state index in [1.807, 2.05) is 53.6 Å². The van der Waals surface area contributed by atoms with Crippen molar-refractivity contribution < 1.29 is 9.90 Å². The number of hydrogen-bond donors (Lipinski definition) is 5. The summed E-state index contributed by atoms with van der Waals surface area (Å²) < 4.78 is 0. The third kappa shape index (κ3) is 5.44. The van der Waals surface area contributed by atoms with E-state index in [4.69, 9.17) is 10.7 Å². The van der Waals surface area contributed by atoms with Gasteiger partial charge in [0.05, 0.1) is 24.0 Å². The Labute approximate surface area is 236 Å². The normalized spacial score (nSPS) is 25.4. The molecule has 1 saturated carbocycles. The summed E-state index contributed by atoms with van der Waals surface area (Å²) in [4.78, 5) is 23.2. The van der Waals surface area contributed by atoms with Crippen LogP contribution in [0.3, 0.4) is 0 Å². The molecule has 1 aliphatic carbocycles. The zero-order valence-corrected chi connectivity index (χ0v) is 23.1. The van der Waals surface area contributed by atoms with Gasteiger partial charge in [-0.15, -0.1) is 0 Å². The van der Waals surface area contributed by atoms with E-state index in [1.54, 1.807) is 0 Å². The van der Waals surface area contributed by atoms with E-state index in [0.29, 0.717) is 43.1 Å². The number of hydrazine groups is 1. The SMILES string of the molecule is CCc1cc(O)ccc1C1CCC2C(C1)NNC2c1ncc(C2=CCN(C(=O)[C@@H](N)Cc3ccccc3)CC2)[nH]1. The number of fused-ring (bicyclic) bond motifs is 1. The van der Waals surface area contributed by atoms with Crippen molar-refractivity contribution in [3.8, 4) is 5.75 Å². The van der Waals surface area contributed by atoms with Crippen LogP contribution in [0, 0.1) is 5.92 Å². The number of benzene rings is 2. The lowest BCUT2D eigenvalue weighted by Gasteiger charge is -2.33. The molecule has 2 aromatic carbocycles. The second kappa shape index (κ2) is 11.6. The topological polar surface area (TPSA) is 119 Å². The molecule has 3 aromatic rings. The first-order valence-corrected chi connectivity index (χ1v) is 14.7. The van der Waals surface area contributed by atoms with Gasteiger partial charge in [0.25, 0.3) is 0 Å². The number of phenolic OH excluding ortho intramolecular Hbond substituents is 1. The number of rotatable bonds is 7. The fraction of sp³-hybridized carbons (Fsp3) is 0.438. The molecule has 3 heterocycles. The van der Waals surface area contributed by atoms with Gasteiger partial charge < -0.3 is 20.7 Å². The summed E-state index contributed by atoms with van der Waals surface area (Å²) in [5, 5.41) is 9.92. The van der Waals surface area contributed by atoms with Gasteiger partial charge >= 0.3 is 0 Å². The van der Waals surface area contributed by atoms with Crippen molar-refractivity contribution in [1.82, 2.24) is 25.7 Å². The van der Waals surface area contributed by atoms with Gasteiger partial charge in [0.2, 0.25) is 5.91 Å². The lowest BCUT2D eigenvalue weighted by molar-refractivity contribution is -0.132. The molecule has 6 N–H and O–H groups in total. The standard InChI is InChI=1S/C32H40N6O2/c1-2-21-17-24(39)9-11-25(21)23-8-10-26-28(18-23)36-37-30(26)31-34-19-29(35-31)22-12-14-38(15-13-22)32(40)27(33)16-20-6-4-3-5-7-20/h3-7,9,11-12,17,19,23,26-28,30,36-37,39H,2,8,10,13-16,18,33H2,1H3,(H,34,35)/t23?,26?,27-,28?,30?/m0/s1. The van der Waals surface area contributed by atoms with Crippen LogP contribution in [0.1, 0.15) is 72.8 Å². The molecule has 3 aliphatic rings. The largest absolute Gasteiger partial charge is 0.508 e. The predicted molar refractivity (Wildman–Crippen MR) is 156 cm³/mol. The number of H-pyrrole nitrogens is 1. The quantitative estimate of drug-likeness (QED) is 0.310. The summed E-state index contributed by atoms with van der Waals surface area (Å²) in [6.07, 6.45) is 9.64. The Morgan fingerprint density at radius 3 is 2.80 bits per heavy atom. The Balaban J connectivity index is 1.06. The van der Waals surface area contributed by atoms with Gasteiger partial charge in [0, 0.05) is 19.1 Å². The van der Waals surface area contributed by atoms with Crippen LogP contribution in [0.2, 0.25) is 0 Å². The van der Waals surface area contributed by atoms with Crippen LogP contribution < -0.4 is 16.6 Å². The molecule has 2 aliphatic heterocycles. The molecule has 4 unspecified atom stereocenters. The molecule has 8 heteroatoms. The molecular weight excluding hydrogens is 500 g/mol. The molecule has 210 valence electrons. The Morgan fingerprint density at radius 2 is 2.02 bits per heavy atom. The number of imidazole rings is 1. The maximum atomic E-state index is 12.9. The fourth-order valence-electron chi connectivity index (χ4n) is 6.87. The van der Waals surface area contributed by atoms with Crippen LogP contribution in [0.4, 0.5) is 0 Å². The van der Waals surface area contributed by atoms with E-state index in [-0.39, 0.29) is 11.9 Å². The number of nitrogens with zero attached hydrogens (tertiary/aromatic N) is 2. The van der Waals surface area contributed by atoms with Crippen molar-refractivity contribution in [2.24, 2.45) is 11.7 Å². The van der Waals surface area contributed by atoms with Crippen LogP contribution in [0.5, 0.6) is 5.75 Å². The summed E-state index contributed by atoms with van der Waals surface area (Å²) in [7, 11) is 0. The molecule has 6 rings (SSSR count). The summed E-state index contributed by atoms with van der Waals surface area (Å²) >= 11 is 0. The van der Waals surface area contributed by atoms with E-state index < -0.39 is 6.04 Å². The van der Waals surface area contributed by atoms with Gasteiger partial charge in [-0.05, 0) is 84.8 Å². The molecule has 1 saturated heterocycles. The minimum Gasteiger partial charge on any atom is -0.508 e. The molecule has 40 heavy (non-hydrogen) atoms. The number of hydrogen-bond acceptors (Lipinski definition) is 6. The second-order valence-electron chi connectivity index (χ2n) is 11.5. The predicted octanol–water partition coefficient (Wildman–Crippen LogP) is 3.96. The van der Waals surface area contributed by atoms with Gasteiger partial charge in [0.1, 0.15) is 11.6 Å². The summed E-state index contributed by atoms with van der Waals surface area (Å²) in [5.74, 6) is 2.29. The fourth-order valence-corrected chi connectivity index (χ4v) is 6.87. The van der Waals surface area contributed by atoms with Crippen molar-refractivity contribution in [1.29, 1.82) is 0 Å². The van der Waals surface area contributed by atoms with E-state index in [1.165, 1.54) is 16.7 Å². The Kier molecular flexibility index (Phi) is 7.74. The van der Waals surface area contributed by atoms with Crippen molar-refractivity contribution >= 4 is 11.5 Å². The molecule has 0 radical (unpaired) electrons. The zero-order valence-electron chi connectivity index (χ0n) is 23.1. The van der Waals surface area contributed by atoms with Gasteiger partial charge in [-0.2, -0.15) is 0 Å². The number of aromatic nitrogens is 2. The highest BCUT2D eigenvalue weighted by Crippen LogP contribution is 2.44. The van der Waals surface area contributed by atoms with Gasteiger partial charge in [-0.25, -0.2) is 10.4 Å². The van der Waals surface area contributed by atoms with Crippen LogP contribution in [0.15, 0.2) is 60.8 Å². The number of carbonyl (C=O) groups is 1. The lowest BCUT2D eigenvalue weighted by Crippen LogP contribution is -2.46. The first kappa shape index (κ1) is 26.7. The lowest BCUT2D eigenvalue weighted by atomic mass is 9.73. The number of aromatic amines is 1. The molecular formula is C32H40N6O2. The maximum Gasteiger partial charge on any atom is 0.240 e. The van der Waals surface area contributed by atoms with E-state index >= 15 is 0 Å². The summed E-state index contributed by atoms with van der Waals surface area (Å²) in [5.41, 5.74) is 19.3. The number of nitrogens with one attached hydrogen (secondary N) is 3. The second-order valence-corrected chi connectivity index (χ2v) is 11.5. The molecule has 0 spiro atoms. The molecule has 8 nitrogen and oxygen atoms in total. The highest BCUT2D eigenvalue weighted by molar-refractivity contribution is 5.83. The third-order valence-electron chi connectivity index (χ3n) is 9.08.